The topological polar surface area (TPSA) is 29.5 Å². The highest BCUT2D eigenvalue weighted by Gasteiger charge is 2.37. The number of thiophene rings is 4. The molecule has 0 amide bonds. The molecule has 8 heteroatoms. The summed E-state index contributed by atoms with van der Waals surface area (Å²) in [6.45, 7) is 21.2. The zero-order chi connectivity index (χ0) is 35.0. The Bertz CT molecular complexity index is 1410. The van der Waals surface area contributed by atoms with Gasteiger partial charge in [0.15, 0.2) is 16.6 Å². The largest absolute Gasteiger partial charge is 0.432 e. The van der Waals surface area contributed by atoms with Crippen molar-refractivity contribution >= 4 is 62.0 Å². The summed E-state index contributed by atoms with van der Waals surface area (Å²) in [6.07, 6.45) is 14.9. The second-order valence-electron chi connectivity index (χ2n) is 16.3. The van der Waals surface area contributed by atoms with E-state index in [-0.39, 0.29) is 5.04 Å². The summed E-state index contributed by atoms with van der Waals surface area (Å²) in [7, 11) is -3.68. The van der Waals surface area contributed by atoms with Crippen LogP contribution in [0.15, 0.2) is 48.5 Å². The van der Waals surface area contributed by atoms with Gasteiger partial charge in [0.05, 0.1) is 0 Å². The van der Waals surface area contributed by atoms with E-state index in [4.69, 9.17) is 4.43 Å². The van der Waals surface area contributed by atoms with E-state index in [0.29, 0.717) is 5.04 Å². The first kappa shape index (κ1) is 39.9. The van der Waals surface area contributed by atoms with Crippen molar-refractivity contribution in [3.05, 3.63) is 58.3 Å². The van der Waals surface area contributed by atoms with Crippen molar-refractivity contribution in [3.63, 3.8) is 0 Å². The van der Waals surface area contributed by atoms with Gasteiger partial charge in [-0.25, -0.2) is 0 Å². The van der Waals surface area contributed by atoms with E-state index in [0.717, 1.165) is 13.0 Å². The van der Waals surface area contributed by atoms with Crippen molar-refractivity contribution in [2.45, 2.75) is 148 Å². The molecule has 2 nitrogen and oxygen atoms in total. The van der Waals surface area contributed by atoms with Crippen LogP contribution in [-0.4, -0.2) is 28.0 Å². The Kier molecular flexibility index (Phi) is 14.6. The zero-order valence-corrected chi connectivity index (χ0v) is 36.6. The second kappa shape index (κ2) is 17.6. The fourth-order valence-electron chi connectivity index (χ4n) is 5.50. The van der Waals surface area contributed by atoms with Crippen LogP contribution in [-0.2, 0) is 17.3 Å². The van der Waals surface area contributed by atoms with Gasteiger partial charge in [-0.2, -0.15) is 0 Å². The SMILES string of the molecule is CC(C)(CCCCCCCc1ccc(-c2ccc(-c3ccc(-c4ccc(CCCCCCO[Si](C)(C)C(C)(C)C)s4)s3)s2)s1)[Si](C)(C)O. The molecule has 0 bridgehead atoms. The lowest BCUT2D eigenvalue weighted by molar-refractivity contribution is 0.277. The molecule has 48 heavy (non-hydrogen) atoms. The van der Waals surface area contributed by atoms with E-state index in [1.54, 1.807) is 0 Å². The molecule has 0 aliphatic rings. The molecule has 0 fully saturated rings. The highest BCUT2D eigenvalue weighted by molar-refractivity contribution is 7.28. The quantitative estimate of drug-likeness (QED) is 0.0718. The highest BCUT2D eigenvalue weighted by atomic mass is 32.1. The Morgan fingerprint density at radius 3 is 1.33 bits per heavy atom. The molecule has 266 valence electrons. The molecule has 0 saturated carbocycles. The Balaban J connectivity index is 1.16. The fourth-order valence-corrected chi connectivity index (χ4v) is 11.8. The molecule has 0 aromatic carbocycles. The van der Waals surface area contributed by atoms with E-state index in [1.807, 2.05) is 45.3 Å². The Labute approximate surface area is 311 Å². The minimum atomic E-state index is -2.07. The maximum Gasteiger partial charge on any atom is 0.191 e. The van der Waals surface area contributed by atoms with Gasteiger partial charge in [-0.1, -0.05) is 73.1 Å². The van der Waals surface area contributed by atoms with Gasteiger partial charge < -0.3 is 9.22 Å². The molecule has 0 spiro atoms. The lowest BCUT2D eigenvalue weighted by Gasteiger charge is -2.36. The van der Waals surface area contributed by atoms with Crippen LogP contribution in [0, 0.1) is 0 Å². The molecule has 1 N–H and O–H groups in total. The van der Waals surface area contributed by atoms with E-state index < -0.39 is 16.6 Å². The smallest absolute Gasteiger partial charge is 0.191 e. The minimum absolute atomic E-state index is 0.114. The van der Waals surface area contributed by atoms with Crippen LogP contribution in [0.5, 0.6) is 0 Å². The van der Waals surface area contributed by atoms with Crippen molar-refractivity contribution < 1.29 is 9.22 Å². The maximum absolute atomic E-state index is 10.5. The molecule has 0 aliphatic heterocycles. The van der Waals surface area contributed by atoms with E-state index in [2.05, 4.69) is 109 Å². The van der Waals surface area contributed by atoms with Gasteiger partial charge in [-0.05, 0) is 123 Å². The van der Waals surface area contributed by atoms with Crippen LogP contribution in [0.4, 0.5) is 0 Å². The summed E-state index contributed by atoms with van der Waals surface area (Å²) in [4.78, 5) is 21.9. The van der Waals surface area contributed by atoms with Crippen molar-refractivity contribution in [1.82, 2.24) is 0 Å². The number of hydrogen-bond donors (Lipinski definition) is 1. The minimum Gasteiger partial charge on any atom is -0.432 e. The third kappa shape index (κ3) is 11.6. The molecular weight excluding hydrogens is 697 g/mol. The summed E-state index contributed by atoms with van der Waals surface area (Å²) < 4.78 is 6.35. The summed E-state index contributed by atoms with van der Waals surface area (Å²) in [5.41, 5.74) is 0. The molecule has 0 unspecified atom stereocenters. The first-order valence-electron chi connectivity index (χ1n) is 18.3. The normalized spacial score (nSPS) is 13.1. The highest BCUT2D eigenvalue weighted by Crippen LogP contribution is 2.44. The molecule has 4 heterocycles. The summed E-state index contributed by atoms with van der Waals surface area (Å²) in [5, 5.41) is 0.414. The monoisotopic (exact) mass is 758 g/mol. The molecule has 0 aliphatic carbocycles. The standard InChI is InChI=1S/C40H62O2S4Si2/c1-39(2,3)48(8,9)42-30-18-14-12-16-20-32-22-24-34(44-32)36-26-28-38(46-36)37-27-25-35(45-37)33-23-21-31(43-33)19-15-11-10-13-17-29-40(4,5)47(6,7)41/h21-28,41H,10-20,29-30H2,1-9H3. The van der Waals surface area contributed by atoms with Gasteiger partial charge in [-0.3, -0.25) is 0 Å². The maximum atomic E-state index is 10.5. The number of unbranched alkanes of at least 4 members (excludes halogenated alkanes) is 7. The fraction of sp³-hybridized carbons (Fsp3) is 0.600. The first-order valence-corrected chi connectivity index (χ1v) is 27.4. The van der Waals surface area contributed by atoms with Gasteiger partial charge in [0, 0.05) is 45.6 Å². The summed E-state index contributed by atoms with van der Waals surface area (Å²) in [5.74, 6) is 0. The van der Waals surface area contributed by atoms with Crippen molar-refractivity contribution in [2.24, 2.45) is 0 Å². The van der Waals surface area contributed by atoms with Crippen LogP contribution in [0.25, 0.3) is 29.3 Å². The lowest BCUT2D eigenvalue weighted by Crippen LogP contribution is -2.40. The third-order valence-corrected chi connectivity index (χ3v) is 23.9. The third-order valence-electron chi connectivity index (χ3n) is 10.7. The predicted octanol–water partition coefficient (Wildman–Crippen LogP) is 14.9. The lowest BCUT2D eigenvalue weighted by atomic mass is 10.0. The molecule has 4 aromatic heterocycles. The van der Waals surface area contributed by atoms with Crippen LogP contribution in [0.2, 0.25) is 36.3 Å². The first-order chi connectivity index (χ1) is 22.6. The molecule has 0 radical (unpaired) electrons. The van der Waals surface area contributed by atoms with Gasteiger partial charge in [0.1, 0.15) is 0 Å². The Morgan fingerprint density at radius 1 is 0.521 bits per heavy atom. The number of hydrogen-bond acceptors (Lipinski definition) is 6. The van der Waals surface area contributed by atoms with Crippen molar-refractivity contribution in [1.29, 1.82) is 0 Å². The van der Waals surface area contributed by atoms with E-state index in [9.17, 15) is 4.80 Å². The van der Waals surface area contributed by atoms with Crippen molar-refractivity contribution in [3.8, 4) is 29.3 Å². The molecule has 4 aromatic rings. The predicted molar refractivity (Wildman–Crippen MR) is 225 cm³/mol. The van der Waals surface area contributed by atoms with Gasteiger partial charge in [0.25, 0.3) is 0 Å². The molecule has 0 atom stereocenters. The Hall–Kier alpha value is -0.846. The van der Waals surface area contributed by atoms with E-state index >= 15 is 0 Å². The summed E-state index contributed by atoms with van der Waals surface area (Å²) >= 11 is 7.81. The van der Waals surface area contributed by atoms with Crippen LogP contribution in [0.3, 0.4) is 0 Å². The Morgan fingerprint density at radius 2 is 0.896 bits per heavy atom. The number of aryl methyl sites for hydroxylation is 2. The van der Waals surface area contributed by atoms with Crippen LogP contribution in [0.1, 0.15) is 109 Å². The average Bonchev–Trinajstić information content (AvgIpc) is 3.81. The van der Waals surface area contributed by atoms with Crippen LogP contribution >= 0.6 is 45.3 Å². The zero-order valence-electron chi connectivity index (χ0n) is 31.3. The van der Waals surface area contributed by atoms with Gasteiger partial charge in [-0.15, -0.1) is 45.3 Å². The second-order valence-corrected chi connectivity index (χ2v) is 30.1. The van der Waals surface area contributed by atoms with Crippen LogP contribution < -0.4 is 0 Å². The summed E-state index contributed by atoms with van der Waals surface area (Å²) in [6, 6.07) is 18.6. The van der Waals surface area contributed by atoms with Gasteiger partial charge in [0.2, 0.25) is 0 Å². The van der Waals surface area contributed by atoms with Gasteiger partial charge >= 0.3 is 0 Å². The average molecular weight is 759 g/mol. The number of rotatable bonds is 20. The molecular formula is C40H62O2S4Si2. The van der Waals surface area contributed by atoms with E-state index in [1.165, 1.54) is 110 Å². The molecule has 4 rings (SSSR count). The molecule has 0 saturated heterocycles. The van der Waals surface area contributed by atoms with Crippen molar-refractivity contribution in [2.75, 3.05) is 6.61 Å².